The van der Waals surface area contributed by atoms with Gasteiger partial charge in [-0.05, 0) is 18.2 Å². The number of ether oxygens (including phenoxy) is 1. The third-order valence-electron chi connectivity index (χ3n) is 2.82. The van der Waals surface area contributed by atoms with Gasteiger partial charge in [0.25, 0.3) is 0 Å². The number of nitrogens with one attached hydrogen (secondary N) is 1. The molecule has 0 radical (unpaired) electrons. The highest BCUT2D eigenvalue weighted by atomic mass is 35.5. The summed E-state index contributed by atoms with van der Waals surface area (Å²) >= 11 is 12.2. The van der Waals surface area contributed by atoms with E-state index in [1.54, 1.807) is 13.2 Å². The molecule has 0 saturated carbocycles. The first-order valence-corrected chi connectivity index (χ1v) is 6.61. The van der Waals surface area contributed by atoms with E-state index < -0.39 is 0 Å². The Bertz CT molecular complexity index is 525. The van der Waals surface area contributed by atoms with Crippen LogP contribution in [0.3, 0.4) is 0 Å². The minimum atomic E-state index is 0.666. The second kappa shape index (κ2) is 6.43. The molecule has 2 rings (SSSR count). The molecule has 5 heteroatoms. The molecule has 2 aromatic rings. The molecule has 0 bridgehead atoms. The molecule has 0 aliphatic carbocycles. The number of rotatable bonds is 6. The molecule has 0 aliphatic rings. The first-order valence-electron chi connectivity index (χ1n) is 5.86. The van der Waals surface area contributed by atoms with Gasteiger partial charge in [0.15, 0.2) is 0 Å². The van der Waals surface area contributed by atoms with E-state index in [9.17, 15) is 0 Å². The quantitative estimate of drug-likeness (QED) is 0.826. The van der Waals surface area contributed by atoms with E-state index in [4.69, 9.17) is 27.9 Å². The van der Waals surface area contributed by atoms with Crippen LogP contribution >= 0.6 is 23.2 Å². The maximum absolute atomic E-state index is 6.15. The van der Waals surface area contributed by atoms with Crippen molar-refractivity contribution >= 4 is 34.1 Å². The van der Waals surface area contributed by atoms with Gasteiger partial charge in [0.2, 0.25) is 0 Å². The summed E-state index contributed by atoms with van der Waals surface area (Å²) in [6.07, 6.45) is 2.03. The highest BCUT2D eigenvalue weighted by Gasteiger charge is 2.05. The molecule has 0 aliphatic heterocycles. The zero-order chi connectivity index (χ0) is 13.0. The van der Waals surface area contributed by atoms with E-state index in [0.717, 1.165) is 37.1 Å². The van der Waals surface area contributed by atoms with Crippen LogP contribution in [0.25, 0.3) is 10.9 Å². The van der Waals surface area contributed by atoms with Crippen molar-refractivity contribution in [2.75, 3.05) is 26.8 Å². The summed E-state index contributed by atoms with van der Waals surface area (Å²) in [6.45, 7) is 3.35. The summed E-state index contributed by atoms with van der Waals surface area (Å²) in [5, 5.41) is 5.71. The average Bonchev–Trinajstić information content (AvgIpc) is 2.72. The molecule has 0 spiro atoms. The van der Waals surface area contributed by atoms with Crippen LogP contribution in [0.4, 0.5) is 0 Å². The molecule has 0 unspecified atom stereocenters. The largest absolute Gasteiger partial charge is 0.383 e. The predicted octanol–water partition coefficient (Wildman–Crippen LogP) is 3.18. The molecule has 0 amide bonds. The van der Waals surface area contributed by atoms with Gasteiger partial charge in [-0.3, -0.25) is 0 Å². The van der Waals surface area contributed by atoms with Gasteiger partial charge in [-0.25, -0.2) is 0 Å². The molecule has 1 heterocycles. The maximum atomic E-state index is 6.15. The fourth-order valence-electron chi connectivity index (χ4n) is 1.91. The van der Waals surface area contributed by atoms with Crippen molar-refractivity contribution in [2.24, 2.45) is 0 Å². The van der Waals surface area contributed by atoms with Crippen LogP contribution in [0.1, 0.15) is 0 Å². The summed E-state index contributed by atoms with van der Waals surface area (Å²) in [4.78, 5) is 0. The first kappa shape index (κ1) is 13.7. The van der Waals surface area contributed by atoms with E-state index in [1.807, 2.05) is 18.3 Å². The molecule has 98 valence electrons. The summed E-state index contributed by atoms with van der Waals surface area (Å²) in [5.41, 5.74) is 1.07. The molecule has 0 atom stereocenters. The number of methoxy groups -OCH3 is 1. The molecule has 1 aromatic heterocycles. The topological polar surface area (TPSA) is 26.2 Å². The molecular weight excluding hydrogens is 271 g/mol. The molecule has 18 heavy (non-hydrogen) atoms. The van der Waals surface area contributed by atoms with Crippen LogP contribution in [0.15, 0.2) is 24.4 Å². The van der Waals surface area contributed by atoms with Gasteiger partial charge in [-0.1, -0.05) is 23.2 Å². The van der Waals surface area contributed by atoms with E-state index >= 15 is 0 Å². The predicted molar refractivity (Wildman–Crippen MR) is 76.7 cm³/mol. The third kappa shape index (κ3) is 3.18. The van der Waals surface area contributed by atoms with Crippen LogP contribution in [0, 0.1) is 0 Å². The second-order valence-electron chi connectivity index (χ2n) is 4.07. The summed E-state index contributed by atoms with van der Waals surface area (Å²) < 4.78 is 7.12. The number of benzene rings is 1. The fourth-order valence-corrected chi connectivity index (χ4v) is 2.46. The Morgan fingerprint density at radius 2 is 2.11 bits per heavy atom. The molecule has 3 nitrogen and oxygen atoms in total. The number of hydrogen-bond acceptors (Lipinski definition) is 2. The van der Waals surface area contributed by atoms with E-state index in [0.29, 0.717) is 10.0 Å². The van der Waals surface area contributed by atoms with Crippen LogP contribution in [-0.4, -0.2) is 31.4 Å². The SMILES string of the molecule is COCCNCCn1ccc2c(Cl)cc(Cl)cc21. The minimum Gasteiger partial charge on any atom is -0.383 e. The van der Waals surface area contributed by atoms with Crippen molar-refractivity contribution in [3.05, 3.63) is 34.4 Å². The molecular formula is C13H16Cl2N2O. The Morgan fingerprint density at radius 1 is 1.28 bits per heavy atom. The first-order chi connectivity index (χ1) is 8.72. The molecule has 1 N–H and O–H groups in total. The second-order valence-corrected chi connectivity index (χ2v) is 4.92. The van der Waals surface area contributed by atoms with Crippen LogP contribution in [0.2, 0.25) is 10.0 Å². The third-order valence-corrected chi connectivity index (χ3v) is 3.35. The molecule has 0 fully saturated rings. The van der Waals surface area contributed by atoms with Crippen LogP contribution in [-0.2, 0) is 11.3 Å². The highest BCUT2D eigenvalue weighted by molar-refractivity contribution is 6.38. The van der Waals surface area contributed by atoms with E-state index in [2.05, 4.69) is 9.88 Å². The molecule has 0 saturated heterocycles. The van der Waals surface area contributed by atoms with Crippen LogP contribution < -0.4 is 5.32 Å². The van der Waals surface area contributed by atoms with Gasteiger partial charge >= 0.3 is 0 Å². The Labute approximate surface area is 117 Å². The minimum absolute atomic E-state index is 0.666. The van der Waals surface area contributed by atoms with Gasteiger partial charge < -0.3 is 14.6 Å². The highest BCUT2D eigenvalue weighted by Crippen LogP contribution is 2.28. The number of halogens is 2. The Balaban J connectivity index is 2.05. The van der Waals surface area contributed by atoms with Crippen molar-refractivity contribution in [3.8, 4) is 0 Å². The number of nitrogens with zero attached hydrogens (tertiary/aromatic N) is 1. The van der Waals surface area contributed by atoms with Crippen LogP contribution in [0.5, 0.6) is 0 Å². The number of hydrogen-bond donors (Lipinski definition) is 1. The monoisotopic (exact) mass is 286 g/mol. The lowest BCUT2D eigenvalue weighted by molar-refractivity contribution is 0.199. The van der Waals surface area contributed by atoms with Crippen molar-refractivity contribution in [1.29, 1.82) is 0 Å². The van der Waals surface area contributed by atoms with Crippen molar-refractivity contribution in [2.45, 2.75) is 6.54 Å². The van der Waals surface area contributed by atoms with E-state index in [-0.39, 0.29) is 0 Å². The summed E-state index contributed by atoms with van der Waals surface area (Å²) in [7, 11) is 1.70. The zero-order valence-electron chi connectivity index (χ0n) is 10.2. The van der Waals surface area contributed by atoms with Gasteiger partial charge in [-0.15, -0.1) is 0 Å². The fraction of sp³-hybridized carbons (Fsp3) is 0.385. The zero-order valence-corrected chi connectivity index (χ0v) is 11.8. The summed E-state index contributed by atoms with van der Waals surface area (Å²) in [6, 6.07) is 5.73. The maximum Gasteiger partial charge on any atom is 0.0587 e. The van der Waals surface area contributed by atoms with Gasteiger partial charge in [0.1, 0.15) is 0 Å². The van der Waals surface area contributed by atoms with Gasteiger partial charge in [0, 0.05) is 43.3 Å². The van der Waals surface area contributed by atoms with Crippen molar-refractivity contribution < 1.29 is 4.74 Å². The average molecular weight is 287 g/mol. The Kier molecular flexibility index (Phi) is 4.89. The summed E-state index contributed by atoms with van der Waals surface area (Å²) in [5.74, 6) is 0. The Morgan fingerprint density at radius 3 is 2.89 bits per heavy atom. The lowest BCUT2D eigenvalue weighted by Gasteiger charge is -2.07. The van der Waals surface area contributed by atoms with E-state index in [1.165, 1.54) is 0 Å². The van der Waals surface area contributed by atoms with Gasteiger partial charge in [0.05, 0.1) is 17.1 Å². The van der Waals surface area contributed by atoms with Crippen molar-refractivity contribution in [3.63, 3.8) is 0 Å². The lowest BCUT2D eigenvalue weighted by Crippen LogP contribution is -2.23. The number of aromatic nitrogens is 1. The van der Waals surface area contributed by atoms with Gasteiger partial charge in [-0.2, -0.15) is 0 Å². The van der Waals surface area contributed by atoms with Crippen molar-refractivity contribution in [1.82, 2.24) is 9.88 Å². The molecule has 1 aromatic carbocycles. The smallest absolute Gasteiger partial charge is 0.0587 e. The Hall–Kier alpha value is -0.740. The normalized spacial score (nSPS) is 11.3. The standard InChI is InChI=1S/C13H16Cl2N2O/c1-18-7-4-16-3-6-17-5-2-11-12(15)8-10(14)9-13(11)17/h2,5,8-9,16H,3-4,6-7H2,1H3. The number of fused-ring (bicyclic) bond motifs is 1. The lowest BCUT2D eigenvalue weighted by atomic mass is 10.2.